The number of primary amides is 1. The molecule has 3 rings (SSSR count). The maximum Gasteiger partial charge on any atom is 0.254 e. The summed E-state index contributed by atoms with van der Waals surface area (Å²) in [5, 5.41) is 15.4. The first-order chi connectivity index (χ1) is 12.5. The van der Waals surface area contributed by atoms with Crippen molar-refractivity contribution in [1.29, 1.82) is 0 Å². The number of aliphatic hydroxyl groups is 1. The fraction of sp³-hybridized carbons (Fsp3) is 0.105. The number of nitrogens with one attached hydrogen (secondary N) is 2. The fourth-order valence-corrected chi connectivity index (χ4v) is 2.45. The van der Waals surface area contributed by atoms with Crippen molar-refractivity contribution in [1.82, 2.24) is 9.97 Å². The van der Waals surface area contributed by atoms with Gasteiger partial charge in [-0.3, -0.25) is 4.79 Å². The summed E-state index contributed by atoms with van der Waals surface area (Å²) in [5.74, 6) is 0.00753. The summed E-state index contributed by atoms with van der Waals surface area (Å²) >= 11 is 0. The van der Waals surface area contributed by atoms with Crippen molar-refractivity contribution in [3.05, 3.63) is 71.4 Å². The molecule has 7 nitrogen and oxygen atoms in total. The number of anilines is 4. The van der Waals surface area contributed by atoms with Gasteiger partial charge in [0.05, 0.1) is 6.61 Å². The standard InChI is InChI=1S/C19H19N5O2/c1-12-4-2-6-14(8-12)22-18-16(17(20)26)10-21-19(24-18)23-15-7-3-5-13(9-15)11-25/h2-10,25H,11H2,1H3,(H2,20,26)(H2,21,22,23,24). The lowest BCUT2D eigenvalue weighted by Crippen LogP contribution is -2.15. The Labute approximate surface area is 150 Å². The van der Waals surface area contributed by atoms with Crippen LogP contribution in [-0.4, -0.2) is 21.0 Å². The highest BCUT2D eigenvalue weighted by Gasteiger charge is 2.13. The van der Waals surface area contributed by atoms with E-state index in [1.165, 1.54) is 6.20 Å². The van der Waals surface area contributed by atoms with Crippen LogP contribution in [0.5, 0.6) is 0 Å². The number of rotatable bonds is 6. The molecule has 132 valence electrons. The van der Waals surface area contributed by atoms with Crippen LogP contribution in [0.2, 0.25) is 0 Å². The minimum Gasteiger partial charge on any atom is -0.392 e. The Morgan fingerprint density at radius 2 is 1.85 bits per heavy atom. The fourth-order valence-electron chi connectivity index (χ4n) is 2.45. The molecular weight excluding hydrogens is 330 g/mol. The summed E-state index contributed by atoms with van der Waals surface area (Å²) in [6.45, 7) is 1.92. The Balaban J connectivity index is 1.91. The molecular formula is C19H19N5O2. The third kappa shape index (κ3) is 4.14. The van der Waals surface area contributed by atoms with Gasteiger partial charge in [-0.1, -0.05) is 24.3 Å². The first kappa shape index (κ1) is 17.4. The van der Waals surface area contributed by atoms with E-state index in [0.29, 0.717) is 11.8 Å². The number of nitrogens with zero attached hydrogens (tertiary/aromatic N) is 2. The van der Waals surface area contributed by atoms with Crippen LogP contribution in [0.4, 0.5) is 23.1 Å². The molecule has 0 aliphatic heterocycles. The van der Waals surface area contributed by atoms with Gasteiger partial charge >= 0.3 is 0 Å². The van der Waals surface area contributed by atoms with E-state index in [9.17, 15) is 9.90 Å². The lowest BCUT2D eigenvalue weighted by molar-refractivity contribution is 0.100. The number of aromatic nitrogens is 2. The quantitative estimate of drug-likeness (QED) is 0.544. The van der Waals surface area contributed by atoms with Gasteiger partial charge in [0, 0.05) is 17.6 Å². The molecule has 0 saturated heterocycles. The van der Waals surface area contributed by atoms with E-state index in [1.807, 2.05) is 49.4 Å². The van der Waals surface area contributed by atoms with E-state index >= 15 is 0 Å². The van der Waals surface area contributed by atoms with Crippen molar-refractivity contribution in [2.45, 2.75) is 13.5 Å². The zero-order valence-corrected chi connectivity index (χ0v) is 14.2. The molecule has 3 aromatic rings. The third-order valence-electron chi connectivity index (χ3n) is 3.70. The summed E-state index contributed by atoms with van der Waals surface area (Å²) < 4.78 is 0. The van der Waals surface area contributed by atoms with E-state index in [2.05, 4.69) is 20.6 Å². The second kappa shape index (κ2) is 7.62. The van der Waals surface area contributed by atoms with Gasteiger partial charge in [0.15, 0.2) is 0 Å². The Morgan fingerprint density at radius 3 is 2.54 bits per heavy atom. The van der Waals surface area contributed by atoms with Crippen LogP contribution >= 0.6 is 0 Å². The van der Waals surface area contributed by atoms with Gasteiger partial charge in [0.1, 0.15) is 11.4 Å². The highest BCUT2D eigenvalue weighted by Crippen LogP contribution is 2.22. The predicted octanol–water partition coefficient (Wildman–Crippen LogP) is 2.86. The van der Waals surface area contributed by atoms with Crippen LogP contribution in [0.1, 0.15) is 21.5 Å². The molecule has 0 bridgehead atoms. The number of aryl methyl sites for hydroxylation is 1. The van der Waals surface area contributed by atoms with Crippen LogP contribution in [0.25, 0.3) is 0 Å². The van der Waals surface area contributed by atoms with Crippen molar-refractivity contribution in [3.8, 4) is 0 Å². The number of aliphatic hydroxyl groups excluding tert-OH is 1. The largest absolute Gasteiger partial charge is 0.392 e. The number of nitrogens with two attached hydrogens (primary N) is 1. The molecule has 0 radical (unpaired) electrons. The molecule has 7 heteroatoms. The number of hydrogen-bond donors (Lipinski definition) is 4. The van der Waals surface area contributed by atoms with Crippen molar-refractivity contribution >= 4 is 29.0 Å². The molecule has 26 heavy (non-hydrogen) atoms. The van der Waals surface area contributed by atoms with Crippen LogP contribution in [0, 0.1) is 6.92 Å². The second-order valence-electron chi connectivity index (χ2n) is 5.80. The molecule has 0 fully saturated rings. The van der Waals surface area contributed by atoms with Crippen LogP contribution in [-0.2, 0) is 6.61 Å². The number of carbonyl (C=O) groups excluding carboxylic acids is 1. The third-order valence-corrected chi connectivity index (χ3v) is 3.70. The molecule has 2 aromatic carbocycles. The summed E-state index contributed by atoms with van der Waals surface area (Å²) in [5.41, 5.74) is 8.98. The van der Waals surface area contributed by atoms with Gasteiger partial charge in [-0.2, -0.15) is 4.98 Å². The van der Waals surface area contributed by atoms with Crippen molar-refractivity contribution in [2.24, 2.45) is 5.73 Å². The summed E-state index contributed by atoms with van der Waals surface area (Å²) in [6.07, 6.45) is 1.38. The van der Waals surface area contributed by atoms with Crippen LogP contribution < -0.4 is 16.4 Å². The Morgan fingerprint density at radius 1 is 1.12 bits per heavy atom. The molecule has 0 unspecified atom stereocenters. The van der Waals surface area contributed by atoms with Gasteiger partial charge in [0.2, 0.25) is 5.95 Å². The number of hydrogen-bond acceptors (Lipinski definition) is 6. The molecule has 0 aliphatic carbocycles. The Kier molecular flexibility index (Phi) is 5.09. The number of carbonyl (C=O) groups is 1. The molecule has 0 spiro atoms. The highest BCUT2D eigenvalue weighted by molar-refractivity contribution is 5.98. The topological polar surface area (TPSA) is 113 Å². The lowest BCUT2D eigenvalue weighted by atomic mass is 10.2. The summed E-state index contributed by atoms with van der Waals surface area (Å²) in [4.78, 5) is 20.2. The van der Waals surface area contributed by atoms with E-state index in [-0.39, 0.29) is 12.2 Å². The zero-order chi connectivity index (χ0) is 18.5. The highest BCUT2D eigenvalue weighted by atomic mass is 16.3. The SMILES string of the molecule is Cc1cccc(Nc2nc(Nc3cccc(CO)c3)ncc2C(N)=O)c1. The lowest BCUT2D eigenvalue weighted by Gasteiger charge is -2.12. The van der Waals surface area contributed by atoms with Crippen molar-refractivity contribution < 1.29 is 9.90 Å². The van der Waals surface area contributed by atoms with Gasteiger partial charge < -0.3 is 21.5 Å². The van der Waals surface area contributed by atoms with Gasteiger partial charge in [-0.15, -0.1) is 0 Å². The van der Waals surface area contributed by atoms with E-state index in [1.54, 1.807) is 6.07 Å². The molecule has 0 aliphatic rings. The van der Waals surface area contributed by atoms with Crippen molar-refractivity contribution in [2.75, 3.05) is 10.6 Å². The van der Waals surface area contributed by atoms with E-state index in [4.69, 9.17) is 5.73 Å². The van der Waals surface area contributed by atoms with Crippen LogP contribution in [0.15, 0.2) is 54.7 Å². The molecule has 5 N–H and O–H groups in total. The monoisotopic (exact) mass is 349 g/mol. The predicted molar refractivity (Wildman–Crippen MR) is 101 cm³/mol. The van der Waals surface area contributed by atoms with E-state index < -0.39 is 5.91 Å². The average Bonchev–Trinajstić information content (AvgIpc) is 2.62. The van der Waals surface area contributed by atoms with E-state index in [0.717, 1.165) is 22.5 Å². The van der Waals surface area contributed by atoms with Crippen molar-refractivity contribution in [3.63, 3.8) is 0 Å². The molecule has 1 aromatic heterocycles. The summed E-state index contributed by atoms with van der Waals surface area (Å²) in [7, 11) is 0. The minimum absolute atomic E-state index is 0.0584. The number of amides is 1. The summed E-state index contributed by atoms with van der Waals surface area (Å²) in [6, 6.07) is 14.9. The Hall–Kier alpha value is -3.45. The molecule has 0 atom stereocenters. The molecule has 0 saturated carbocycles. The van der Waals surface area contributed by atoms with Gasteiger partial charge in [-0.25, -0.2) is 4.98 Å². The maximum absolute atomic E-state index is 11.7. The second-order valence-corrected chi connectivity index (χ2v) is 5.80. The van der Waals surface area contributed by atoms with Gasteiger partial charge in [0.25, 0.3) is 5.91 Å². The Bertz CT molecular complexity index is 943. The maximum atomic E-state index is 11.7. The first-order valence-electron chi connectivity index (χ1n) is 8.02. The molecule has 1 heterocycles. The van der Waals surface area contributed by atoms with Gasteiger partial charge in [-0.05, 0) is 42.3 Å². The van der Waals surface area contributed by atoms with Crippen LogP contribution in [0.3, 0.4) is 0 Å². The molecule has 1 amide bonds. The smallest absolute Gasteiger partial charge is 0.254 e. The normalized spacial score (nSPS) is 10.4. The zero-order valence-electron chi connectivity index (χ0n) is 14.2. The average molecular weight is 349 g/mol. The minimum atomic E-state index is -0.617. The number of benzene rings is 2. The first-order valence-corrected chi connectivity index (χ1v) is 8.02.